The lowest BCUT2D eigenvalue weighted by Gasteiger charge is -2.16. The Morgan fingerprint density at radius 3 is 2.70 bits per heavy atom. The van der Waals surface area contributed by atoms with E-state index in [1.54, 1.807) is 55.8 Å². The second-order valence-corrected chi connectivity index (χ2v) is 4.26. The lowest BCUT2D eigenvalue weighted by molar-refractivity contribution is 0.0766. The molecule has 0 aliphatic carbocycles. The highest BCUT2D eigenvalue weighted by atomic mass is 16.5. The highest BCUT2D eigenvalue weighted by Crippen LogP contribution is 2.21. The molecule has 1 heterocycles. The number of aliphatic hydroxyl groups excluding tert-OH is 1. The van der Waals surface area contributed by atoms with Crippen LogP contribution in [-0.2, 0) is 0 Å². The van der Waals surface area contributed by atoms with Crippen molar-refractivity contribution in [1.82, 2.24) is 9.88 Å². The summed E-state index contributed by atoms with van der Waals surface area (Å²) in [6, 6.07) is 10.4. The monoisotopic (exact) mass is 272 g/mol. The molecule has 0 aliphatic rings. The van der Waals surface area contributed by atoms with E-state index in [0.717, 1.165) is 0 Å². The molecule has 5 nitrogen and oxygen atoms in total. The predicted molar refractivity (Wildman–Crippen MR) is 74.8 cm³/mol. The minimum absolute atomic E-state index is 0.0601. The molecule has 0 aliphatic heterocycles. The average Bonchev–Trinajstić information content (AvgIpc) is 2.48. The molecular formula is C15H16N2O3. The van der Waals surface area contributed by atoms with Gasteiger partial charge in [0.2, 0.25) is 0 Å². The van der Waals surface area contributed by atoms with Gasteiger partial charge in [0.15, 0.2) is 0 Å². The first-order chi connectivity index (χ1) is 9.70. The fraction of sp³-hybridized carbons (Fsp3) is 0.200. The largest absolute Gasteiger partial charge is 0.457 e. The van der Waals surface area contributed by atoms with Crippen molar-refractivity contribution in [1.29, 1.82) is 0 Å². The highest BCUT2D eigenvalue weighted by Gasteiger charge is 2.11. The molecule has 1 aromatic carbocycles. The molecule has 0 unspecified atom stereocenters. The van der Waals surface area contributed by atoms with Crippen LogP contribution in [0, 0.1) is 0 Å². The summed E-state index contributed by atoms with van der Waals surface area (Å²) >= 11 is 0. The first-order valence-electron chi connectivity index (χ1n) is 6.25. The first-order valence-corrected chi connectivity index (χ1v) is 6.25. The van der Waals surface area contributed by atoms with Gasteiger partial charge in [0.1, 0.15) is 11.5 Å². The summed E-state index contributed by atoms with van der Waals surface area (Å²) in [6.07, 6.45) is 3.28. The zero-order valence-electron chi connectivity index (χ0n) is 11.2. The number of amides is 1. The minimum Gasteiger partial charge on any atom is -0.457 e. The lowest BCUT2D eigenvalue weighted by atomic mass is 10.2. The predicted octanol–water partition coefficient (Wildman–Crippen LogP) is 1.94. The van der Waals surface area contributed by atoms with Gasteiger partial charge in [-0.3, -0.25) is 9.78 Å². The van der Waals surface area contributed by atoms with Crippen molar-refractivity contribution < 1.29 is 14.6 Å². The standard InChI is InChI=1S/C15H16N2O3/c1-17(9-10-18)15(19)12-3-2-4-14(11-12)20-13-5-7-16-8-6-13/h2-8,11,18H,9-10H2,1H3. The van der Waals surface area contributed by atoms with Crippen molar-refractivity contribution in [2.45, 2.75) is 0 Å². The van der Waals surface area contributed by atoms with Gasteiger partial charge >= 0.3 is 0 Å². The Labute approximate surface area is 117 Å². The van der Waals surface area contributed by atoms with Crippen molar-refractivity contribution in [3.05, 3.63) is 54.4 Å². The molecule has 0 spiro atoms. The molecule has 1 amide bonds. The van der Waals surface area contributed by atoms with Crippen LogP contribution < -0.4 is 4.74 Å². The number of carbonyl (C=O) groups excluding carboxylic acids is 1. The highest BCUT2D eigenvalue weighted by molar-refractivity contribution is 5.94. The van der Waals surface area contributed by atoms with Crippen molar-refractivity contribution in [2.75, 3.05) is 20.2 Å². The third-order valence-corrected chi connectivity index (χ3v) is 2.75. The van der Waals surface area contributed by atoms with Crippen LogP contribution in [0.4, 0.5) is 0 Å². The molecule has 0 bridgehead atoms. The summed E-state index contributed by atoms with van der Waals surface area (Å²) in [5.74, 6) is 1.09. The Balaban J connectivity index is 2.14. The smallest absolute Gasteiger partial charge is 0.253 e. The van der Waals surface area contributed by atoms with Crippen LogP contribution in [0.2, 0.25) is 0 Å². The summed E-state index contributed by atoms with van der Waals surface area (Å²) < 4.78 is 5.65. The number of carbonyl (C=O) groups is 1. The van der Waals surface area contributed by atoms with Crippen molar-refractivity contribution >= 4 is 5.91 Å². The fourth-order valence-electron chi connectivity index (χ4n) is 1.71. The SMILES string of the molecule is CN(CCO)C(=O)c1cccc(Oc2ccncc2)c1. The lowest BCUT2D eigenvalue weighted by Crippen LogP contribution is -2.29. The van der Waals surface area contributed by atoms with E-state index in [2.05, 4.69) is 4.98 Å². The van der Waals surface area contributed by atoms with E-state index in [0.29, 0.717) is 23.6 Å². The molecular weight excluding hydrogens is 256 g/mol. The Bertz CT molecular complexity index is 572. The zero-order valence-corrected chi connectivity index (χ0v) is 11.2. The van der Waals surface area contributed by atoms with E-state index in [1.807, 2.05) is 0 Å². The number of ether oxygens (including phenoxy) is 1. The van der Waals surface area contributed by atoms with Crippen LogP contribution in [0.25, 0.3) is 0 Å². The van der Waals surface area contributed by atoms with Crippen LogP contribution in [0.5, 0.6) is 11.5 Å². The van der Waals surface area contributed by atoms with Crippen molar-refractivity contribution in [2.24, 2.45) is 0 Å². The van der Waals surface area contributed by atoms with Crippen LogP contribution in [0.3, 0.4) is 0 Å². The number of aromatic nitrogens is 1. The number of rotatable bonds is 5. The zero-order chi connectivity index (χ0) is 14.4. The van der Waals surface area contributed by atoms with Gasteiger partial charge in [0, 0.05) is 31.5 Å². The molecule has 0 saturated heterocycles. The number of pyridine rings is 1. The second kappa shape index (κ2) is 6.68. The molecule has 5 heteroatoms. The van der Waals surface area contributed by atoms with Crippen LogP contribution in [0.1, 0.15) is 10.4 Å². The van der Waals surface area contributed by atoms with E-state index < -0.39 is 0 Å². The number of likely N-dealkylation sites (N-methyl/N-ethyl adjacent to an activating group) is 1. The summed E-state index contributed by atoms with van der Waals surface area (Å²) in [5.41, 5.74) is 0.521. The number of benzene rings is 1. The Hall–Kier alpha value is -2.40. The van der Waals surface area contributed by atoms with Gasteiger partial charge in [-0.25, -0.2) is 0 Å². The van der Waals surface area contributed by atoms with Crippen molar-refractivity contribution in [3.8, 4) is 11.5 Å². The maximum atomic E-state index is 12.1. The Morgan fingerprint density at radius 1 is 1.25 bits per heavy atom. The third kappa shape index (κ3) is 3.55. The van der Waals surface area contributed by atoms with Gasteiger partial charge in [0.25, 0.3) is 5.91 Å². The van der Waals surface area contributed by atoms with Crippen molar-refractivity contribution in [3.63, 3.8) is 0 Å². The molecule has 2 aromatic rings. The maximum Gasteiger partial charge on any atom is 0.253 e. The quantitative estimate of drug-likeness (QED) is 0.903. The van der Waals surface area contributed by atoms with Gasteiger partial charge in [-0.15, -0.1) is 0 Å². The molecule has 2 rings (SSSR count). The molecule has 0 saturated carbocycles. The average molecular weight is 272 g/mol. The fourth-order valence-corrected chi connectivity index (χ4v) is 1.71. The Kier molecular flexibility index (Phi) is 4.68. The van der Waals surface area contributed by atoms with Gasteiger partial charge in [-0.05, 0) is 30.3 Å². The van der Waals surface area contributed by atoms with E-state index in [4.69, 9.17) is 9.84 Å². The van der Waals surface area contributed by atoms with Gasteiger partial charge in [0.05, 0.1) is 6.61 Å². The van der Waals surface area contributed by atoms with Crippen LogP contribution in [-0.4, -0.2) is 41.1 Å². The van der Waals surface area contributed by atoms with E-state index in [1.165, 1.54) is 4.90 Å². The molecule has 104 valence electrons. The summed E-state index contributed by atoms with van der Waals surface area (Å²) in [6.45, 7) is 0.240. The van der Waals surface area contributed by atoms with Crippen LogP contribution in [0.15, 0.2) is 48.8 Å². The molecule has 1 N–H and O–H groups in total. The summed E-state index contributed by atoms with van der Waals surface area (Å²) in [5, 5.41) is 8.86. The Morgan fingerprint density at radius 2 is 2.00 bits per heavy atom. The molecule has 0 radical (unpaired) electrons. The molecule has 1 aromatic heterocycles. The first kappa shape index (κ1) is 14.0. The van der Waals surface area contributed by atoms with E-state index in [9.17, 15) is 4.79 Å². The second-order valence-electron chi connectivity index (χ2n) is 4.26. The number of nitrogens with zero attached hydrogens (tertiary/aromatic N) is 2. The van der Waals surface area contributed by atoms with Gasteiger partial charge in [-0.2, -0.15) is 0 Å². The van der Waals surface area contributed by atoms with E-state index in [-0.39, 0.29) is 12.5 Å². The summed E-state index contributed by atoms with van der Waals surface area (Å²) in [4.78, 5) is 17.5. The molecule has 20 heavy (non-hydrogen) atoms. The topological polar surface area (TPSA) is 62.7 Å². The third-order valence-electron chi connectivity index (χ3n) is 2.75. The maximum absolute atomic E-state index is 12.1. The summed E-state index contributed by atoms with van der Waals surface area (Å²) in [7, 11) is 1.65. The van der Waals surface area contributed by atoms with Gasteiger partial charge in [-0.1, -0.05) is 6.07 Å². The normalized spacial score (nSPS) is 10.1. The molecule has 0 atom stereocenters. The molecule has 0 fully saturated rings. The van der Waals surface area contributed by atoms with Gasteiger partial charge < -0.3 is 14.7 Å². The number of hydrogen-bond donors (Lipinski definition) is 1. The number of aliphatic hydroxyl groups is 1. The van der Waals surface area contributed by atoms with Crippen LogP contribution >= 0.6 is 0 Å². The minimum atomic E-state index is -0.153. The number of hydrogen-bond acceptors (Lipinski definition) is 4. The van der Waals surface area contributed by atoms with E-state index >= 15 is 0 Å².